The molecule has 0 aromatic heterocycles. The minimum Gasteiger partial charge on any atom is -0.541 e. The molecule has 0 radical (unpaired) electrons. The molecule has 0 bridgehead atoms. The smallest absolute Gasteiger partial charge is 0.120 e. The molecule has 0 fully saturated rings. The molecule has 0 aliphatic carbocycles. The SMILES string of the molecule is NCC(=O)C[C-]=O.[U]. The average molecular weight is 338 g/mol. The predicted molar refractivity (Wildman–Crippen MR) is 24.4 cm³/mol. The maximum atomic E-state index is 10.0. The summed E-state index contributed by atoms with van der Waals surface area (Å²) in [6, 6.07) is 0. The van der Waals surface area contributed by atoms with Gasteiger partial charge in [0.2, 0.25) is 0 Å². The van der Waals surface area contributed by atoms with Crippen molar-refractivity contribution < 1.29 is 40.7 Å². The fourth-order valence-corrected chi connectivity index (χ4v) is 0.153. The van der Waals surface area contributed by atoms with Gasteiger partial charge in [0.05, 0.1) is 0 Å². The first-order valence-electron chi connectivity index (χ1n) is 1.88. The number of hydrogen-bond donors (Lipinski definition) is 1. The zero-order chi connectivity index (χ0) is 5.70. The van der Waals surface area contributed by atoms with Gasteiger partial charge in [0, 0.05) is 37.7 Å². The van der Waals surface area contributed by atoms with Gasteiger partial charge >= 0.3 is 0 Å². The van der Waals surface area contributed by atoms with E-state index in [1.165, 1.54) is 6.29 Å². The summed E-state index contributed by atoms with van der Waals surface area (Å²) in [5.41, 5.74) is 4.83. The maximum Gasteiger partial charge on any atom is 0.120 e. The minimum atomic E-state index is -0.269. The van der Waals surface area contributed by atoms with Crippen molar-refractivity contribution in [2.24, 2.45) is 5.73 Å². The molecule has 0 aromatic rings. The van der Waals surface area contributed by atoms with Crippen molar-refractivity contribution in [1.29, 1.82) is 0 Å². The van der Waals surface area contributed by atoms with E-state index in [0.29, 0.717) is 0 Å². The molecule has 0 rings (SSSR count). The summed E-state index contributed by atoms with van der Waals surface area (Å²) in [5, 5.41) is 0. The van der Waals surface area contributed by atoms with Gasteiger partial charge < -0.3 is 15.3 Å². The maximum absolute atomic E-state index is 10.0. The van der Waals surface area contributed by atoms with Crippen LogP contribution in [0.4, 0.5) is 0 Å². The zero-order valence-electron chi connectivity index (χ0n) is 4.31. The van der Waals surface area contributed by atoms with Crippen molar-refractivity contribution in [2.45, 2.75) is 6.42 Å². The molecular formula is C4H6NO2U-. The molecule has 3 nitrogen and oxygen atoms in total. The van der Waals surface area contributed by atoms with Gasteiger partial charge in [0.1, 0.15) is 5.78 Å². The number of carbonyl (C=O) groups excluding carboxylic acids is 2. The van der Waals surface area contributed by atoms with E-state index in [-0.39, 0.29) is 49.9 Å². The Labute approximate surface area is 71.4 Å². The molecule has 0 heterocycles. The van der Waals surface area contributed by atoms with Crippen LogP contribution in [0.2, 0.25) is 0 Å². The summed E-state index contributed by atoms with van der Waals surface area (Å²) in [5.74, 6) is -0.269. The Morgan fingerprint density at radius 2 is 2.12 bits per heavy atom. The predicted octanol–water partition coefficient (Wildman–Crippen LogP) is -0.986. The van der Waals surface area contributed by atoms with Crippen LogP contribution < -0.4 is 5.73 Å². The van der Waals surface area contributed by atoms with Gasteiger partial charge in [-0.25, -0.2) is 0 Å². The van der Waals surface area contributed by atoms with Gasteiger partial charge in [0.15, 0.2) is 0 Å². The van der Waals surface area contributed by atoms with E-state index in [1.807, 2.05) is 0 Å². The van der Waals surface area contributed by atoms with Crippen LogP contribution in [0.3, 0.4) is 0 Å². The molecule has 2 N–H and O–H groups in total. The van der Waals surface area contributed by atoms with Crippen molar-refractivity contribution >= 4 is 12.1 Å². The van der Waals surface area contributed by atoms with Crippen molar-refractivity contribution in [3.63, 3.8) is 0 Å². The van der Waals surface area contributed by atoms with Crippen molar-refractivity contribution in [1.82, 2.24) is 0 Å². The largest absolute Gasteiger partial charge is 0.541 e. The molecule has 0 amide bonds. The second-order valence-corrected chi connectivity index (χ2v) is 1.06. The summed E-state index contributed by atoms with van der Waals surface area (Å²) >= 11 is 0. The monoisotopic (exact) mass is 338 g/mol. The van der Waals surface area contributed by atoms with Crippen LogP contribution in [-0.4, -0.2) is 18.6 Å². The van der Waals surface area contributed by atoms with Crippen molar-refractivity contribution in [3.05, 3.63) is 0 Å². The van der Waals surface area contributed by atoms with Gasteiger partial charge in [-0.15, -0.1) is 0 Å². The Morgan fingerprint density at radius 3 is 2.25 bits per heavy atom. The summed E-state index contributed by atoms with van der Waals surface area (Å²) < 4.78 is 0. The second kappa shape index (κ2) is 7.35. The Hall–Kier alpha value is 0.352. The van der Waals surface area contributed by atoms with E-state index < -0.39 is 0 Å². The van der Waals surface area contributed by atoms with Gasteiger partial charge in [0.25, 0.3) is 0 Å². The van der Waals surface area contributed by atoms with E-state index >= 15 is 0 Å². The minimum absolute atomic E-state index is 0. The normalized spacial score (nSPS) is 7.12. The molecule has 0 atom stereocenters. The number of Topliss-reactive ketones (excluding diaryl/α,β-unsaturated/α-hetero) is 1. The van der Waals surface area contributed by atoms with Crippen LogP contribution in [-0.2, 0) is 9.59 Å². The van der Waals surface area contributed by atoms with Crippen LogP contribution >= 0.6 is 0 Å². The van der Waals surface area contributed by atoms with Crippen molar-refractivity contribution in [3.8, 4) is 0 Å². The fourth-order valence-electron chi connectivity index (χ4n) is 0.153. The molecule has 44 valence electrons. The Balaban J connectivity index is 0. The Bertz CT molecular complexity index is 84.1. The van der Waals surface area contributed by atoms with Crippen LogP contribution in [0, 0.1) is 31.1 Å². The first-order chi connectivity index (χ1) is 3.31. The average Bonchev–Trinajstić information content (AvgIpc) is 1.68. The van der Waals surface area contributed by atoms with Gasteiger partial charge in [-0.3, -0.25) is 6.29 Å². The third kappa shape index (κ3) is 6.35. The topological polar surface area (TPSA) is 60.2 Å². The molecule has 0 aromatic carbocycles. The summed E-state index contributed by atoms with van der Waals surface area (Å²) in [7, 11) is 0. The molecule has 0 saturated carbocycles. The van der Waals surface area contributed by atoms with Crippen LogP contribution in [0.5, 0.6) is 0 Å². The van der Waals surface area contributed by atoms with Gasteiger partial charge in [-0.05, 0) is 0 Å². The van der Waals surface area contributed by atoms with Crippen LogP contribution in [0.25, 0.3) is 0 Å². The molecule has 0 unspecified atom stereocenters. The first kappa shape index (κ1) is 11.2. The summed E-state index contributed by atoms with van der Waals surface area (Å²) in [6.45, 7) is -0.0603. The summed E-state index contributed by atoms with van der Waals surface area (Å²) in [6.07, 6.45) is 1.27. The van der Waals surface area contributed by atoms with Crippen LogP contribution in [0.1, 0.15) is 6.42 Å². The zero-order valence-corrected chi connectivity index (χ0v) is 8.47. The number of hydrogen-bond acceptors (Lipinski definition) is 3. The third-order valence-corrected chi connectivity index (χ3v) is 0.497. The molecule has 4 heteroatoms. The molecule has 0 saturated heterocycles. The van der Waals surface area contributed by atoms with E-state index in [9.17, 15) is 9.59 Å². The molecule has 0 aliphatic heterocycles. The van der Waals surface area contributed by atoms with Crippen LogP contribution in [0.15, 0.2) is 0 Å². The molecule has 8 heavy (non-hydrogen) atoms. The Kier molecular flexibility index (Phi) is 10.3. The molecular weight excluding hydrogens is 332 g/mol. The second-order valence-electron chi connectivity index (χ2n) is 1.06. The third-order valence-electron chi connectivity index (χ3n) is 0.497. The van der Waals surface area contributed by atoms with Gasteiger partial charge in [-0.1, -0.05) is 6.42 Å². The molecule has 0 spiro atoms. The van der Waals surface area contributed by atoms with Gasteiger partial charge in [-0.2, -0.15) is 0 Å². The quantitative estimate of drug-likeness (QED) is 0.531. The standard InChI is InChI=1S/C4H6NO2.U/c5-3-4(7)1-2-6;/h1,3,5H2;/q-1;. The number of ketones is 1. The van der Waals surface area contributed by atoms with Crippen molar-refractivity contribution in [2.75, 3.05) is 6.54 Å². The number of carbonyl (C=O) groups is 1. The van der Waals surface area contributed by atoms with E-state index in [4.69, 9.17) is 5.73 Å². The fraction of sp³-hybridized carbons (Fsp3) is 0.500. The van der Waals surface area contributed by atoms with E-state index in [2.05, 4.69) is 0 Å². The Morgan fingerprint density at radius 1 is 1.62 bits per heavy atom. The first-order valence-corrected chi connectivity index (χ1v) is 1.88. The number of nitrogens with two attached hydrogens (primary N) is 1. The van der Waals surface area contributed by atoms with E-state index in [0.717, 1.165) is 0 Å². The number of rotatable bonds is 3. The van der Waals surface area contributed by atoms with E-state index in [1.54, 1.807) is 0 Å². The summed E-state index contributed by atoms with van der Waals surface area (Å²) in [4.78, 5) is 19.4. The molecule has 0 aliphatic rings.